The van der Waals surface area contributed by atoms with Crippen LogP contribution < -0.4 is 0 Å². The maximum absolute atomic E-state index is 5.40. The van der Waals surface area contributed by atoms with Crippen LogP contribution in [-0.2, 0) is 11.3 Å². The molecule has 0 aromatic carbocycles. The van der Waals surface area contributed by atoms with Crippen LogP contribution in [0.3, 0.4) is 0 Å². The van der Waals surface area contributed by atoms with Crippen LogP contribution in [-0.4, -0.2) is 22.8 Å². The minimum Gasteiger partial charge on any atom is -0.381 e. The number of ether oxygens (including phenoxy) is 1. The van der Waals surface area contributed by atoms with Gasteiger partial charge in [-0.2, -0.15) is 0 Å². The monoisotopic (exact) mass is 340 g/mol. The summed E-state index contributed by atoms with van der Waals surface area (Å²) in [6.07, 6.45) is 6.34. The molecule has 0 amide bonds. The molecule has 1 fully saturated rings. The fourth-order valence-corrected chi connectivity index (χ4v) is 4.05. The van der Waals surface area contributed by atoms with Crippen molar-refractivity contribution in [2.75, 3.05) is 13.2 Å². The van der Waals surface area contributed by atoms with Gasteiger partial charge >= 0.3 is 0 Å². The van der Waals surface area contributed by atoms with Crippen molar-refractivity contribution in [3.8, 4) is 0 Å². The van der Waals surface area contributed by atoms with Gasteiger partial charge in [0.1, 0.15) is 0 Å². The van der Waals surface area contributed by atoms with Gasteiger partial charge in [-0.1, -0.05) is 0 Å². The van der Waals surface area contributed by atoms with E-state index in [0.29, 0.717) is 5.92 Å². The topological polar surface area (TPSA) is 27.1 Å². The van der Waals surface area contributed by atoms with Crippen LogP contribution in [0.5, 0.6) is 0 Å². The molecule has 1 aliphatic heterocycles. The highest BCUT2D eigenvalue weighted by atomic mass is 79.9. The summed E-state index contributed by atoms with van der Waals surface area (Å²) in [7, 11) is 0. The van der Waals surface area contributed by atoms with Crippen LogP contribution in [0.4, 0.5) is 0 Å². The second kappa shape index (κ2) is 5.77. The van der Waals surface area contributed by atoms with Crippen LogP contribution in [0.1, 0.15) is 34.2 Å². The molecule has 0 spiro atoms. The number of thiophene rings is 1. The van der Waals surface area contributed by atoms with Gasteiger partial charge in [-0.25, -0.2) is 4.98 Å². The summed E-state index contributed by atoms with van der Waals surface area (Å²) in [5.41, 5.74) is 1.22. The molecule has 3 rings (SSSR count). The molecule has 0 N–H and O–H groups in total. The third-order valence-corrected chi connectivity index (χ3v) is 5.66. The average Bonchev–Trinajstić information content (AvgIpc) is 2.99. The SMILES string of the molecule is Cc1sc(Cn2cnc(C3CCOCC3)c2)cc1Br. The number of nitrogens with zero attached hydrogens (tertiary/aromatic N) is 2. The third kappa shape index (κ3) is 3.09. The van der Waals surface area contributed by atoms with E-state index < -0.39 is 0 Å². The van der Waals surface area contributed by atoms with Gasteiger partial charge in [0.15, 0.2) is 0 Å². The summed E-state index contributed by atoms with van der Waals surface area (Å²) in [6.45, 7) is 4.79. The smallest absolute Gasteiger partial charge is 0.0952 e. The fraction of sp³-hybridized carbons (Fsp3) is 0.500. The molecule has 102 valence electrons. The zero-order valence-electron chi connectivity index (χ0n) is 10.9. The van der Waals surface area contributed by atoms with Gasteiger partial charge in [0.25, 0.3) is 0 Å². The van der Waals surface area contributed by atoms with Gasteiger partial charge in [-0.05, 0) is 41.8 Å². The Labute approximate surface area is 125 Å². The molecule has 1 aliphatic rings. The minimum absolute atomic E-state index is 0.576. The maximum Gasteiger partial charge on any atom is 0.0952 e. The Balaban J connectivity index is 1.70. The van der Waals surface area contributed by atoms with Crippen molar-refractivity contribution < 1.29 is 4.74 Å². The molecule has 0 atom stereocenters. The molecule has 0 unspecified atom stereocenters. The number of halogens is 1. The zero-order chi connectivity index (χ0) is 13.2. The van der Waals surface area contributed by atoms with Crippen molar-refractivity contribution in [1.29, 1.82) is 0 Å². The second-order valence-corrected chi connectivity index (χ2v) is 7.17. The second-order valence-electron chi connectivity index (χ2n) is 4.97. The number of aromatic nitrogens is 2. The highest BCUT2D eigenvalue weighted by Gasteiger charge is 2.18. The Bertz CT molecular complexity index is 538. The molecule has 0 saturated carbocycles. The predicted molar refractivity (Wildman–Crippen MR) is 80.9 cm³/mol. The Kier molecular flexibility index (Phi) is 4.05. The van der Waals surface area contributed by atoms with E-state index in [4.69, 9.17) is 4.74 Å². The lowest BCUT2D eigenvalue weighted by atomic mass is 9.97. The van der Waals surface area contributed by atoms with Gasteiger partial charge in [0, 0.05) is 39.6 Å². The lowest BCUT2D eigenvalue weighted by molar-refractivity contribution is 0.0845. The molecule has 0 bridgehead atoms. The fourth-order valence-electron chi connectivity index (χ4n) is 2.44. The van der Waals surface area contributed by atoms with E-state index in [9.17, 15) is 0 Å². The van der Waals surface area contributed by atoms with E-state index in [2.05, 4.69) is 44.7 Å². The Morgan fingerprint density at radius 1 is 1.47 bits per heavy atom. The molecule has 3 nitrogen and oxygen atoms in total. The molecule has 1 saturated heterocycles. The van der Waals surface area contributed by atoms with Crippen LogP contribution in [0.15, 0.2) is 23.1 Å². The molecular formula is C14H17BrN2OS. The Morgan fingerprint density at radius 2 is 2.26 bits per heavy atom. The first-order valence-electron chi connectivity index (χ1n) is 6.56. The molecule has 0 radical (unpaired) electrons. The van der Waals surface area contributed by atoms with E-state index in [1.54, 1.807) is 0 Å². The summed E-state index contributed by atoms with van der Waals surface area (Å²) in [4.78, 5) is 7.26. The van der Waals surface area contributed by atoms with Gasteiger partial charge < -0.3 is 9.30 Å². The largest absolute Gasteiger partial charge is 0.381 e. The van der Waals surface area contributed by atoms with Gasteiger partial charge in [0.2, 0.25) is 0 Å². The van der Waals surface area contributed by atoms with E-state index in [0.717, 1.165) is 32.6 Å². The number of hydrogen-bond acceptors (Lipinski definition) is 3. The lowest BCUT2D eigenvalue weighted by Gasteiger charge is -2.19. The van der Waals surface area contributed by atoms with Gasteiger partial charge in [-0.15, -0.1) is 11.3 Å². The van der Waals surface area contributed by atoms with Crippen LogP contribution >= 0.6 is 27.3 Å². The summed E-state index contributed by atoms with van der Waals surface area (Å²) in [5.74, 6) is 0.576. The van der Waals surface area contributed by atoms with Crippen molar-refractivity contribution in [2.45, 2.75) is 32.2 Å². The Hall–Kier alpha value is -0.650. The van der Waals surface area contributed by atoms with Crippen molar-refractivity contribution in [3.05, 3.63) is 38.5 Å². The van der Waals surface area contributed by atoms with E-state index >= 15 is 0 Å². The minimum atomic E-state index is 0.576. The lowest BCUT2D eigenvalue weighted by Crippen LogP contribution is -2.14. The Morgan fingerprint density at radius 3 is 2.95 bits per heavy atom. The number of imidazole rings is 1. The first-order chi connectivity index (χ1) is 9.22. The number of rotatable bonds is 3. The summed E-state index contributed by atoms with van der Waals surface area (Å²) < 4.78 is 8.79. The highest BCUT2D eigenvalue weighted by molar-refractivity contribution is 9.10. The molecule has 3 heterocycles. The maximum atomic E-state index is 5.40. The van der Waals surface area contributed by atoms with Crippen LogP contribution in [0, 0.1) is 6.92 Å². The van der Waals surface area contributed by atoms with Crippen molar-refractivity contribution in [3.63, 3.8) is 0 Å². The first kappa shape index (κ1) is 13.3. The number of aryl methyl sites for hydroxylation is 1. The standard InChI is InChI=1S/C14H17BrN2OS/c1-10-13(15)6-12(19-10)7-17-8-14(16-9-17)11-2-4-18-5-3-11/h6,8-9,11H,2-5,7H2,1H3. The molecule has 19 heavy (non-hydrogen) atoms. The van der Waals surface area contributed by atoms with Crippen LogP contribution in [0.2, 0.25) is 0 Å². The average molecular weight is 341 g/mol. The van der Waals surface area contributed by atoms with Crippen molar-refractivity contribution in [2.24, 2.45) is 0 Å². The van der Waals surface area contributed by atoms with Crippen LogP contribution in [0.25, 0.3) is 0 Å². The number of hydrogen-bond donors (Lipinski definition) is 0. The predicted octanol–water partition coefficient (Wildman–Crippen LogP) is 3.96. The normalized spacial score (nSPS) is 16.9. The summed E-state index contributed by atoms with van der Waals surface area (Å²) >= 11 is 5.41. The van der Waals surface area contributed by atoms with E-state index in [1.165, 1.54) is 19.9 Å². The molecule has 2 aromatic rings. The molecular weight excluding hydrogens is 324 g/mol. The zero-order valence-corrected chi connectivity index (χ0v) is 13.3. The molecule has 5 heteroatoms. The van der Waals surface area contributed by atoms with E-state index in [1.807, 2.05) is 17.7 Å². The molecule has 0 aliphatic carbocycles. The quantitative estimate of drug-likeness (QED) is 0.845. The van der Waals surface area contributed by atoms with E-state index in [-0.39, 0.29) is 0 Å². The molecule has 2 aromatic heterocycles. The summed E-state index contributed by atoms with van der Waals surface area (Å²) in [5, 5.41) is 0. The third-order valence-electron chi connectivity index (χ3n) is 3.54. The van der Waals surface area contributed by atoms with Gasteiger partial charge in [0.05, 0.1) is 18.6 Å². The summed E-state index contributed by atoms with van der Waals surface area (Å²) in [6, 6.07) is 2.20. The highest BCUT2D eigenvalue weighted by Crippen LogP contribution is 2.28. The van der Waals surface area contributed by atoms with Crippen molar-refractivity contribution in [1.82, 2.24) is 9.55 Å². The van der Waals surface area contributed by atoms with Crippen molar-refractivity contribution >= 4 is 27.3 Å². The van der Waals surface area contributed by atoms with Gasteiger partial charge in [-0.3, -0.25) is 0 Å². The first-order valence-corrected chi connectivity index (χ1v) is 8.17.